The molecule has 1 amide bonds. The van der Waals surface area contributed by atoms with Gasteiger partial charge in [0.2, 0.25) is 5.91 Å². The molecule has 2 heterocycles. The molecule has 2 aromatic heterocycles. The molecule has 0 radical (unpaired) electrons. The first kappa shape index (κ1) is 15.2. The lowest BCUT2D eigenvalue weighted by molar-refractivity contribution is -0.120. The summed E-state index contributed by atoms with van der Waals surface area (Å²) in [5.41, 5.74) is 4.36. The molecule has 0 fully saturated rings. The van der Waals surface area contributed by atoms with Crippen molar-refractivity contribution in [2.75, 3.05) is 0 Å². The van der Waals surface area contributed by atoms with Crippen molar-refractivity contribution in [2.24, 2.45) is 0 Å². The summed E-state index contributed by atoms with van der Waals surface area (Å²) < 4.78 is 3.03. The zero-order valence-corrected chi connectivity index (χ0v) is 14.3. The lowest BCUT2D eigenvalue weighted by Crippen LogP contribution is -2.22. The number of imidazole rings is 1. The van der Waals surface area contributed by atoms with Gasteiger partial charge in [0.25, 0.3) is 0 Å². The molecule has 2 N–H and O–H groups in total. The number of thiazole rings is 1. The monoisotopic (exact) mass is 341 g/mol. The largest absolute Gasteiger partial charge is 0.508 e. The number of aromatic nitrogens is 2. The SMILES string of the molecule is CC1=C(NC(=O)CCc2cn3c(n2)sc2cc(O)ccc23)CCC1. The van der Waals surface area contributed by atoms with E-state index in [-0.39, 0.29) is 11.7 Å². The average Bonchev–Trinajstić information content (AvgIpc) is 3.20. The summed E-state index contributed by atoms with van der Waals surface area (Å²) in [5.74, 6) is 0.331. The molecule has 6 heteroatoms. The molecular weight excluding hydrogens is 322 g/mol. The fraction of sp³-hybridized carbons (Fsp3) is 0.333. The molecule has 0 aliphatic heterocycles. The first-order chi connectivity index (χ1) is 11.6. The molecule has 5 nitrogen and oxygen atoms in total. The number of fused-ring (bicyclic) bond motifs is 3. The third kappa shape index (κ3) is 2.78. The van der Waals surface area contributed by atoms with Crippen molar-refractivity contribution in [3.8, 4) is 5.75 Å². The van der Waals surface area contributed by atoms with Crippen LogP contribution in [-0.2, 0) is 11.2 Å². The van der Waals surface area contributed by atoms with Crippen molar-refractivity contribution < 1.29 is 9.90 Å². The Bertz CT molecular complexity index is 967. The lowest BCUT2D eigenvalue weighted by Gasteiger charge is -2.06. The number of benzene rings is 1. The Morgan fingerprint density at radius 1 is 1.42 bits per heavy atom. The first-order valence-electron chi connectivity index (χ1n) is 8.18. The van der Waals surface area contributed by atoms with E-state index in [2.05, 4.69) is 17.2 Å². The number of phenolic OH excluding ortho intramolecular Hbond substituents is 1. The van der Waals surface area contributed by atoms with Gasteiger partial charge >= 0.3 is 0 Å². The summed E-state index contributed by atoms with van der Waals surface area (Å²) in [6.07, 6.45) is 6.28. The highest BCUT2D eigenvalue weighted by molar-refractivity contribution is 7.23. The highest BCUT2D eigenvalue weighted by Gasteiger charge is 2.14. The number of carbonyl (C=O) groups is 1. The van der Waals surface area contributed by atoms with Crippen LogP contribution in [0.25, 0.3) is 15.2 Å². The van der Waals surface area contributed by atoms with Crippen LogP contribution >= 0.6 is 11.3 Å². The maximum absolute atomic E-state index is 12.1. The van der Waals surface area contributed by atoms with Crippen LogP contribution in [0.2, 0.25) is 0 Å². The Kier molecular flexibility index (Phi) is 3.76. The number of nitrogens with zero attached hydrogens (tertiary/aromatic N) is 2. The Morgan fingerprint density at radius 2 is 2.29 bits per heavy atom. The van der Waals surface area contributed by atoms with Gasteiger partial charge in [0.15, 0.2) is 4.96 Å². The minimum Gasteiger partial charge on any atom is -0.508 e. The zero-order valence-electron chi connectivity index (χ0n) is 13.5. The number of rotatable bonds is 4. The van der Waals surface area contributed by atoms with E-state index >= 15 is 0 Å². The minimum atomic E-state index is 0.0670. The van der Waals surface area contributed by atoms with Gasteiger partial charge in [-0.1, -0.05) is 16.9 Å². The van der Waals surface area contributed by atoms with E-state index in [1.54, 1.807) is 23.5 Å². The van der Waals surface area contributed by atoms with Gasteiger partial charge in [-0.3, -0.25) is 9.20 Å². The summed E-state index contributed by atoms with van der Waals surface area (Å²) in [5, 5.41) is 12.6. The van der Waals surface area contributed by atoms with Gasteiger partial charge in [-0.05, 0) is 44.4 Å². The molecule has 24 heavy (non-hydrogen) atoms. The van der Waals surface area contributed by atoms with Crippen LogP contribution in [0.3, 0.4) is 0 Å². The lowest BCUT2D eigenvalue weighted by atomic mass is 10.2. The van der Waals surface area contributed by atoms with E-state index in [0.29, 0.717) is 12.8 Å². The second-order valence-electron chi connectivity index (χ2n) is 6.30. The predicted molar refractivity (Wildman–Crippen MR) is 95.3 cm³/mol. The number of hydrogen-bond acceptors (Lipinski definition) is 4. The third-order valence-corrected chi connectivity index (χ3v) is 5.54. The number of allylic oxidation sites excluding steroid dienone is 2. The molecule has 124 valence electrons. The molecule has 1 aliphatic carbocycles. The molecule has 3 aromatic rings. The highest BCUT2D eigenvalue weighted by Crippen LogP contribution is 2.29. The molecule has 0 unspecified atom stereocenters. The van der Waals surface area contributed by atoms with Crippen molar-refractivity contribution in [1.82, 2.24) is 14.7 Å². The van der Waals surface area contributed by atoms with E-state index in [4.69, 9.17) is 0 Å². The maximum Gasteiger partial charge on any atom is 0.224 e. The Hall–Kier alpha value is -2.34. The van der Waals surface area contributed by atoms with Crippen LogP contribution in [0.1, 0.15) is 38.3 Å². The van der Waals surface area contributed by atoms with Gasteiger partial charge in [0.1, 0.15) is 5.75 Å². The average molecular weight is 341 g/mol. The minimum absolute atomic E-state index is 0.0670. The topological polar surface area (TPSA) is 66.6 Å². The van der Waals surface area contributed by atoms with E-state index < -0.39 is 0 Å². The predicted octanol–water partition coefficient (Wildman–Crippen LogP) is 3.76. The third-order valence-electron chi connectivity index (χ3n) is 4.52. The van der Waals surface area contributed by atoms with Crippen LogP contribution in [0.4, 0.5) is 0 Å². The van der Waals surface area contributed by atoms with Gasteiger partial charge in [0, 0.05) is 24.7 Å². The standard InChI is InChI=1S/C18H19N3O2S/c1-11-3-2-4-14(11)20-17(23)8-5-12-10-21-15-7-6-13(22)9-16(15)24-18(21)19-12/h6-7,9-10,22H,2-5,8H2,1H3,(H,20,23). The van der Waals surface area contributed by atoms with Crippen molar-refractivity contribution in [3.63, 3.8) is 0 Å². The van der Waals surface area contributed by atoms with Crippen LogP contribution in [-0.4, -0.2) is 20.4 Å². The fourth-order valence-electron chi connectivity index (χ4n) is 3.19. The quantitative estimate of drug-likeness (QED) is 0.759. The number of amides is 1. The van der Waals surface area contributed by atoms with Crippen LogP contribution in [0.15, 0.2) is 35.7 Å². The van der Waals surface area contributed by atoms with Crippen LogP contribution in [0, 0.1) is 0 Å². The summed E-state index contributed by atoms with van der Waals surface area (Å²) in [7, 11) is 0. The molecule has 0 atom stereocenters. The maximum atomic E-state index is 12.1. The summed E-state index contributed by atoms with van der Waals surface area (Å²) in [4.78, 5) is 17.6. The fourth-order valence-corrected chi connectivity index (χ4v) is 4.25. The van der Waals surface area contributed by atoms with Crippen molar-refractivity contribution in [2.45, 2.75) is 39.0 Å². The number of hydrogen-bond donors (Lipinski definition) is 2. The first-order valence-corrected chi connectivity index (χ1v) is 9.00. The Balaban J connectivity index is 1.47. The molecule has 0 bridgehead atoms. The zero-order chi connectivity index (χ0) is 16.7. The molecule has 1 aromatic carbocycles. The van der Waals surface area contributed by atoms with E-state index in [9.17, 15) is 9.90 Å². The summed E-state index contributed by atoms with van der Waals surface area (Å²) in [6.45, 7) is 2.09. The molecular formula is C18H19N3O2S. The van der Waals surface area contributed by atoms with Gasteiger partial charge < -0.3 is 10.4 Å². The second kappa shape index (κ2) is 5.94. The highest BCUT2D eigenvalue weighted by atomic mass is 32.1. The molecule has 4 rings (SSSR count). The number of aryl methyl sites for hydroxylation is 1. The van der Waals surface area contributed by atoms with E-state index in [1.165, 1.54) is 5.57 Å². The molecule has 0 saturated heterocycles. The Labute approximate surface area is 143 Å². The van der Waals surface area contributed by atoms with Gasteiger partial charge in [-0.25, -0.2) is 4.98 Å². The van der Waals surface area contributed by atoms with Gasteiger partial charge in [-0.15, -0.1) is 0 Å². The van der Waals surface area contributed by atoms with E-state index in [1.807, 2.05) is 16.7 Å². The number of phenols is 1. The Morgan fingerprint density at radius 3 is 3.08 bits per heavy atom. The number of aromatic hydroxyl groups is 1. The smallest absolute Gasteiger partial charge is 0.224 e. The molecule has 0 spiro atoms. The van der Waals surface area contributed by atoms with Crippen molar-refractivity contribution >= 4 is 32.4 Å². The summed E-state index contributed by atoms with van der Waals surface area (Å²) >= 11 is 1.54. The van der Waals surface area contributed by atoms with Crippen molar-refractivity contribution in [3.05, 3.63) is 41.4 Å². The van der Waals surface area contributed by atoms with Crippen LogP contribution in [0.5, 0.6) is 5.75 Å². The van der Waals surface area contributed by atoms with Gasteiger partial charge in [-0.2, -0.15) is 0 Å². The van der Waals surface area contributed by atoms with E-state index in [0.717, 1.165) is 45.8 Å². The second-order valence-corrected chi connectivity index (χ2v) is 7.31. The normalized spacial score (nSPS) is 14.9. The summed E-state index contributed by atoms with van der Waals surface area (Å²) in [6, 6.07) is 5.32. The number of nitrogens with one attached hydrogen (secondary N) is 1. The van der Waals surface area contributed by atoms with Crippen molar-refractivity contribution in [1.29, 1.82) is 0 Å². The van der Waals surface area contributed by atoms with Gasteiger partial charge in [0.05, 0.1) is 15.9 Å². The molecule has 0 saturated carbocycles. The van der Waals surface area contributed by atoms with Crippen LogP contribution < -0.4 is 5.32 Å². The molecule has 1 aliphatic rings. The number of carbonyl (C=O) groups excluding carboxylic acids is 1.